The number of hydrogen-bond acceptors (Lipinski definition) is 4. The zero-order valence-electron chi connectivity index (χ0n) is 10.0. The lowest BCUT2D eigenvalue weighted by Crippen LogP contribution is -2.08. The normalized spacial score (nSPS) is 26.6. The van der Waals surface area contributed by atoms with Crippen molar-refractivity contribution in [1.29, 1.82) is 0 Å². The summed E-state index contributed by atoms with van der Waals surface area (Å²) in [6.45, 7) is 4.19. The number of carbonyl (C=O) groups is 1. The van der Waals surface area contributed by atoms with Gasteiger partial charge in [0.25, 0.3) is 0 Å². The minimum Gasteiger partial charge on any atom is -0.464 e. The molecule has 0 saturated heterocycles. The molecule has 0 aromatic carbocycles. The molecule has 2 N–H and O–H groups in total. The summed E-state index contributed by atoms with van der Waals surface area (Å²) in [5.41, 5.74) is 7.32. The fourth-order valence-electron chi connectivity index (χ4n) is 2.26. The van der Waals surface area contributed by atoms with Gasteiger partial charge in [0.1, 0.15) is 0 Å². The van der Waals surface area contributed by atoms with E-state index in [0.717, 1.165) is 5.56 Å². The largest absolute Gasteiger partial charge is 0.464 e. The molecule has 2 rings (SSSR count). The molecule has 1 saturated carbocycles. The molecule has 2 unspecified atom stereocenters. The van der Waals surface area contributed by atoms with E-state index >= 15 is 0 Å². The van der Waals surface area contributed by atoms with Gasteiger partial charge in [-0.1, -0.05) is 13.8 Å². The van der Waals surface area contributed by atoms with Crippen molar-refractivity contribution in [3.63, 3.8) is 0 Å². The Morgan fingerprint density at radius 1 is 1.62 bits per heavy atom. The summed E-state index contributed by atoms with van der Waals surface area (Å²) in [6.07, 6.45) is 1.85. The molecule has 0 radical (unpaired) electrons. The molecule has 5 heteroatoms. The number of carbonyl (C=O) groups excluding carboxylic acids is 1. The van der Waals surface area contributed by atoms with Crippen molar-refractivity contribution in [3.8, 4) is 0 Å². The first-order valence-corrected chi connectivity index (χ1v) is 5.27. The minimum absolute atomic E-state index is 0.0335. The van der Waals surface area contributed by atoms with E-state index in [1.165, 1.54) is 7.11 Å². The summed E-state index contributed by atoms with van der Waals surface area (Å²) >= 11 is 0. The first-order valence-electron chi connectivity index (χ1n) is 5.27. The van der Waals surface area contributed by atoms with Crippen molar-refractivity contribution in [2.45, 2.75) is 25.8 Å². The van der Waals surface area contributed by atoms with Crippen molar-refractivity contribution in [1.82, 2.24) is 9.78 Å². The van der Waals surface area contributed by atoms with Gasteiger partial charge < -0.3 is 10.5 Å². The maximum absolute atomic E-state index is 11.6. The average molecular weight is 223 g/mol. The number of methoxy groups -OCH3 is 1. The molecule has 0 bridgehead atoms. The van der Waals surface area contributed by atoms with Gasteiger partial charge in [0.2, 0.25) is 0 Å². The summed E-state index contributed by atoms with van der Waals surface area (Å²) < 4.78 is 6.34. The van der Waals surface area contributed by atoms with Gasteiger partial charge in [0, 0.05) is 30.8 Å². The van der Waals surface area contributed by atoms with Gasteiger partial charge >= 0.3 is 5.97 Å². The van der Waals surface area contributed by atoms with Gasteiger partial charge in [-0.15, -0.1) is 0 Å². The number of aromatic nitrogens is 2. The average Bonchev–Trinajstić information content (AvgIpc) is 2.59. The molecule has 1 heterocycles. The molecule has 0 spiro atoms. The van der Waals surface area contributed by atoms with E-state index in [4.69, 9.17) is 10.5 Å². The molecule has 0 aliphatic heterocycles. The molecule has 1 aromatic rings. The van der Waals surface area contributed by atoms with E-state index in [9.17, 15) is 4.79 Å². The van der Waals surface area contributed by atoms with E-state index in [0.29, 0.717) is 5.69 Å². The third-order valence-electron chi connectivity index (χ3n) is 3.48. The fourth-order valence-corrected chi connectivity index (χ4v) is 2.26. The SMILES string of the molecule is COC(=O)c1nn(C)cc1C1C(N)C1(C)C. The Morgan fingerprint density at radius 2 is 2.19 bits per heavy atom. The quantitative estimate of drug-likeness (QED) is 0.748. The second-order valence-corrected chi connectivity index (χ2v) is 4.92. The Balaban J connectivity index is 2.39. The van der Waals surface area contributed by atoms with E-state index in [2.05, 4.69) is 18.9 Å². The Labute approximate surface area is 94.6 Å². The number of rotatable bonds is 2. The molecule has 16 heavy (non-hydrogen) atoms. The highest BCUT2D eigenvalue weighted by molar-refractivity contribution is 5.89. The summed E-state index contributed by atoms with van der Waals surface area (Å²) in [7, 11) is 3.15. The topological polar surface area (TPSA) is 70.1 Å². The highest BCUT2D eigenvalue weighted by Gasteiger charge is 2.57. The second kappa shape index (κ2) is 3.31. The Bertz CT molecular complexity index is 436. The van der Waals surface area contributed by atoms with Gasteiger partial charge in [0.15, 0.2) is 5.69 Å². The van der Waals surface area contributed by atoms with Gasteiger partial charge in [-0.05, 0) is 5.41 Å². The van der Waals surface area contributed by atoms with Crippen LogP contribution in [-0.2, 0) is 11.8 Å². The van der Waals surface area contributed by atoms with Crippen LogP contribution in [0.1, 0.15) is 35.8 Å². The molecular weight excluding hydrogens is 206 g/mol. The fraction of sp³-hybridized carbons (Fsp3) is 0.636. The van der Waals surface area contributed by atoms with Crippen LogP contribution in [0, 0.1) is 5.41 Å². The van der Waals surface area contributed by atoms with Crippen molar-refractivity contribution >= 4 is 5.97 Å². The summed E-state index contributed by atoms with van der Waals surface area (Å²) in [5.74, 6) is -0.208. The smallest absolute Gasteiger partial charge is 0.358 e. The van der Waals surface area contributed by atoms with Crippen LogP contribution in [0.5, 0.6) is 0 Å². The maximum atomic E-state index is 11.6. The van der Waals surface area contributed by atoms with Crippen molar-refractivity contribution in [2.75, 3.05) is 7.11 Å². The molecule has 1 aliphatic rings. The van der Waals surface area contributed by atoms with Crippen LogP contribution in [0.25, 0.3) is 0 Å². The van der Waals surface area contributed by atoms with Crippen LogP contribution < -0.4 is 5.73 Å². The second-order valence-electron chi connectivity index (χ2n) is 4.92. The Morgan fingerprint density at radius 3 is 2.62 bits per heavy atom. The number of hydrogen-bond donors (Lipinski definition) is 1. The number of nitrogens with two attached hydrogens (primary N) is 1. The number of nitrogens with zero attached hydrogens (tertiary/aromatic N) is 2. The van der Waals surface area contributed by atoms with Crippen molar-refractivity contribution in [2.24, 2.45) is 18.2 Å². The number of esters is 1. The van der Waals surface area contributed by atoms with Gasteiger partial charge in [-0.25, -0.2) is 4.79 Å². The zero-order valence-corrected chi connectivity index (χ0v) is 10.0. The lowest BCUT2D eigenvalue weighted by atomic mass is 10.0. The van der Waals surface area contributed by atoms with Crippen LogP contribution in [0.4, 0.5) is 0 Å². The van der Waals surface area contributed by atoms with Gasteiger partial charge in [-0.3, -0.25) is 4.68 Å². The lowest BCUT2D eigenvalue weighted by Gasteiger charge is -2.01. The summed E-state index contributed by atoms with van der Waals surface area (Å²) in [4.78, 5) is 11.6. The first-order chi connectivity index (χ1) is 7.39. The van der Waals surface area contributed by atoms with Crippen LogP contribution in [0.3, 0.4) is 0 Å². The van der Waals surface area contributed by atoms with Crippen LogP contribution in [0.15, 0.2) is 6.20 Å². The predicted octanol–water partition coefficient (Wildman–Crippen LogP) is 0.657. The maximum Gasteiger partial charge on any atom is 0.358 e. The summed E-state index contributed by atoms with van der Waals surface area (Å²) in [5, 5.41) is 4.13. The van der Waals surface area contributed by atoms with Crippen molar-refractivity contribution < 1.29 is 9.53 Å². The Hall–Kier alpha value is -1.36. The molecule has 1 fully saturated rings. The third-order valence-corrected chi connectivity index (χ3v) is 3.48. The molecule has 1 aliphatic carbocycles. The molecular formula is C11H17N3O2. The van der Waals surface area contributed by atoms with E-state index in [1.54, 1.807) is 11.7 Å². The number of aryl methyl sites for hydroxylation is 1. The lowest BCUT2D eigenvalue weighted by molar-refractivity contribution is 0.0592. The summed E-state index contributed by atoms with van der Waals surface area (Å²) in [6, 6.07) is 0.0834. The van der Waals surface area contributed by atoms with Gasteiger partial charge in [0.05, 0.1) is 7.11 Å². The van der Waals surface area contributed by atoms with E-state index < -0.39 is 5.97 Å². The number of ether oxygens (including phenoxy) is 1. The van der Waals surface area contributed by atoms with Crippen LogP contribution in [-0.4, -0.2) is 28.9 Å². The standard InChI is InChI=1S/C11H17N3O2/c1-11(2)7(9(11)12)6-5-14(3)13-8(6)10(15)16-4/h5,7,9H,12H2,1-4H3. The monoisotopic (exact) mass is 223 g/mol. The first kappa shape index (κ1) is 11.1. The minimum atomic E-state index is -0.398. The molecule has 88 valence electrons. The molecule has 1 aromatic heterocycles. The predicted molar refractivity (Wildman–Crippen MR) is 59.0 cm³/mol. The van der Waals surface area contributed by atoms with Crippen LogP contribution in [0.2, 0.25) is 0 Å². The highest BCUT2D eigenvalue weighted by atomic mass is 16.5. The zero-order chi connectivity index (χ0) is 12.1. The van der Waals surface area contributed by atoms with Crippen LogP contribution >= 0.6 is 0 Å². The van der Waals surface area contributed by atoms with E-state index in [1.807, 2.05) is 6.20 Å². The molecule has 0 amide bonds. The van der Waals surface area contributed by atoms with E-state index in [-0.39, 0.29) is 17.4 Å². The van der Waals surface area contributed by atoms with Gasteiger partial charge in [-0.2, -0.15) is 5.10 Å². The highest BCUT2D eigenvalue weighted by Crippen LogP contribution is 2.57. The Kier molecular flexibility index (Phi) is 2.31. The third kappa shape index (κ3) is 1.43. The molecule has 2 atom stereocenters. The van der Waals surface area contributed by atoms with Crippen molar-refractivity contribution in [3.05, 3.63) is 17.5 Å². The molecule has 5 nitrogen and oxygen atoms in total.